The maximum Gasteiger partial charge on any atom is 0.256 e. The predicted molar refractivity (Wildman–Crippen MR) is 109 cm³/mol. The third kappa shape index (κ3) is 3.13. The molecular weight excluding hydrogens is 410 g/mol. The zero-order valence-electron chi connectivity index (χ0n) is 14.5. The fourth-order valence-electron chi connectivity index (χ4n) is 3.64. The van der Waals surface area contributed by atoms with Crippen LogP contribution in [0.4, 0.5) is 0 Å². The number of rotatable bonds is 5. The van der Waals surface area contributed by atoms with Crippen molar-refractivity contribution in [2.24, 2.45) is 0 Å². The summed E-state index contributed by atoms with van der Waals surface area (Å²) in [6.45, 7) is 0.700. The molecule has 3 N–H and O–H groups in total. The number of benzene rings is 2. The number of aromatic nitrogens is 2. The number of unbranched alkanes of at least 4 members (excludes halogenated alkanes) is 1. The molecule has 0 aliphatic heterocycles. The first-order valence-electron chi connectivity index (χ1n) is 8.75. The Kier molecular flexibility index (Phi) is 4.72. The number of halogens is 1. The van der Waals surface area contributed by atoms with Crippen molar-refractivity contribution in [3.63, 3.8) is 0 Å². The van der Waals surface area contributed by atoms with Gasteiger partial charge in [-0.25, -0.2) is 5.48 Å². The molecule has 2 aromatic heterocycles. The first-order chi connectivity index (χ1) is 13.1. The second kappa shape index (κ2) is 7.17. The van der Waals surface area contributed by atoms with Crippen LogP contribution in [-0.2, 0) is 11.3 Å². The predicted octanol–water partition coefficient (Wildman–Crippen LogP) is 4.07. The van der Waals surface area contributed by atoms with Gasteiger partial charge >= 0.3 is 0 Å². The number of hydrogen-bond donors (Lipinski definition) is 3. The standard InChI is InChI=1S/C20H18BrN3O3/c21-12-8-9-15-16(11-12)24(10-4-3-7-17(25)23-27)19-13-5-1-2-6-14(13)20(26)22-18(15)19/h1-2,5-6,8-9,11,27H,3-4,7,10H2,(H,22,26)(H,23,25). The maximum atomic E-state index is 12.5. The minimum atomic E-state index is -0.380. The number of fused-ring (bicyclic) bond motifs is 5. The Morgan fingerprint density at radius 3 is 2.67 bits per heavy atom. The molecule has 0 bridgehead atoms. The van der Waals surface area contributed by atoms with Gasteiger partial charge in [0.05, 0.1) is 16.6 Å². The number of aromatic amines is 1. The number of hydrogen-bond acceptors (Lipinski definition) is 3. The molecule has 2 heterocycles. The van der Waals surface area contributed by atoms with Crippen LogP contribution in [0.1, 0.15) is 19.3 Å². The minimum Gasteiger partial charge on any atom is -0.339 e. The molecule has 1 amide bonds. The van der Waals surface area contributed by atoms with Gasteiger partial charge in [-0.1, -0.05) is 34.1 Å². The molecule has 4 aromatic rings. The smallest absolute Gasteiger partial charge is 0.256 e. The van der Waals surface area contributed by atoms with Crippen LogP contribution in [0.2, 0.25) is 0 Å². The van der Waals surface area contributed by atoms with E-state index >= 15 is 0 Å². The van der Waals surface area contributed by atoms with Crippen LogP contribution in [0.5, 0.6) is 0 Å². The fourth-order valence-corrected chi connectivity index (χ4v) is 3.99. The van der Waals surface area contributed by atoms with Crippen LogP contribution in [-0.4, -0.2) is 20.7 Å². The van der Waals surface area contributed by atoms with Crippen molar-refractivity contribution < 1.29 is 10.0 Å². The second-order valence-electron chi connectivity index (χ2n) is 6.53. The van der Waals surface area contributed by atoms with E-state index in [-0.39, 0.29) is 17.9 Å². The third-order valence-electron chi connectivity index (χ3n) is 4.85. The Labute approximate surface area is 162 Å². The molecule has 0 unspecified atom stereocenters. The number of pyridine rings is 1. The molecule has 4 rings (SSSR count). The number of nitrogens with one attached hydrogen (secondary N) is 2. The highest BCUT2D eigenvalue weighted by atomic mass is 79.9. The van der Waals surface area contributed by atoms with Crippen molar-refractivity contribution in [3.05, 3.63) is 57.3 Å². The molecule has 0 aliphatic carbocycles. The number of carbonyl (C=O) groups is 1. The van der Waals surface area contributed by atoms with Gasteiger partial charge in [0, 0.05) is 33.6 Å². The lowest BCUT2D eigenvalue weighted by Gasteiger charge is -2.09. The zero-order chi connectivity index (χ0) is 19.0. The van der Waals surface area contributed by atoms with Crippen LogP contribution in [0.3, 0.4) is 0 Å². The van der Waals surface area contributed by atoms with Crippen molar-refractivity contribution in [1.82, 2.24) is 15.0 Å². The van der Waals surface area contributed by atoms with Gasteiger partial charge in [0.25, 0.3) is 5.56 Å². The summed E-state index contributed by atoms with van der Waals surface area (Å²) in [4.78, 5) is 26.8. The molecule has 0 saturated carbocycles. The Morgan fingerprint density at radius 1 is 1.11 bits per heavy atom. The summed E-state index contributed by atoms with van der Waals surface area (Å²) in [6, 6.07) is 13.6. The topological polar surface area (TPSA) is 87.1 Å². The van der Waals surface area contributed by atoms with Crippen LogP contribution in [0, 0.1) is 0 Å². The van der Waals surface area contributed by atoms with Crippen molar-refractivity contribution in [3.8, 4) is 0 Å². The number of amides is 1. The van der Waals surface area contributed by atoms with E-state index in [2.05, 4.69) is 25.5 Å². The second-order valence-corrected chi connectivity index (χ2v) is 7.44. The minimum absolute atomic E-state index is 0.0975. The largest absolute Gasteiger partial charge is 0.339 e. The van der Waals surface area contributed by atoms with Crippen molar-refractivity contribution >= 4 is 54.5 Å². The van der Waals surface area contributed by atoms with E-state index in [1.807, 2.05) is 42.5 Å². The molecule has 7 heteroatoms. The normalized spacial score (nSPS) is 11.5. The molecule has 0 radical (unpaired) electrons. The van der Waals surface area contributed by atoms with Gasteiger partial charge in [0.2, 0.25) is 5.91 Å². The maximum absolute atomic E-state index is 12.5. The highest BCUT2D eigenvalue weighted by Gasteiger charge is 2.16. The molecule has 0 aliphatic rings. The van der Waals surface area contributed by atoms with E-state index in [0.29, 0.717) is 18.4 Å². The molecule has 0 spiro atoms. The highest BCUT2D eigenvalue weighted by Crippen LogP contribution is 2.33. The van der Waals surface area contributed by atoms with E-state index in [9.17, 15) is 9.59 Å². The fraction of sp³-hybridized carbons (Fsp3) is 0.200. The van der Waals surface area contributed by atoms with E-state index in [0.717, 1.165) is 38.2 Å². The average molecular weight is 428 g/mol. The number of H-pyrrole nitrogens is 1. The summed E-state index contributed by atoms with van der Waals surface area (Å²) >= 11 is 3.53. The molecule has 6 nitrogen and oxygen atoms in total. The Bertz CT molecular complexity index is 1230. The summed E-state index contributed by atoms with van der Waals surface area (Å²) in [5.74, 6) is -0.380. The average Bonchev–Trinajstić information content (AvgIpc) is 2.98. The van der Waals surface area contributed by atoms with Crippen LogP contribution in [0.15, 0.2) is 51.7 Å². The summed E-state index contributed by atoms with van der Waals surface area (Å²) < 4.78 is 3.16. The van der Waals surface area contributed by atoms with Gasteiger partial charge in [0.1, 0.15) is 0 Å². The summed E-state index contributed by atoms with van der Waals surface area (Å²) in [6.07, 6.45) is 1.70. The Balaban J connectivity index is 1.90. The van der Waals surface area contributed by atoms with Crippen molar-refractivity contribution in [2.75, 3.05) is 0 Å². The summed E-state index contributed by atoms with van der Waals surface area (Å²) in [7, 11) is 0. The monoisotopic (exact) mass is 427 g/mol. The summed E-state index contributed by atoms with van der Waals surface area (Å²) in [5.41, 5.74) is 4.41. The third-order valence-corrected chi connectivity index (χ3v) is 5.35. The van der Waals surface area contributed by atoms with Gasteiger partial charge in [-0.2, -0.15) is 0 Å². The van der Waals surface area contributed by atoms with E-state index < -0.39 is 0 Å². The van der Waals surface area contributed by atoms with Crippen LogP contribution in [0.25, 0.3) is 32.7 Å². The number of aryl methyl sites for hydroxylation is 1. The van der Waals surface area contributed by atoms with Crippen molar-refractivity contribution in [2.45, 2.75) is 25.8 Å². The van der Waals surface area contributed by atoms with E-state index in [1.165, 1.54) is 0 Å². The van der Waals surface area contributed by atoms with E-state index in [4.69, 9.17) is 5.21 Å². The van der Waals surface area contributed by atoms with E-state index in [1.54, 1.807) is 5.48 Å². The van der Waals surface area contributed by atoms with Gasteiger partial charge in [-0.15, -0.1) is 0 Å². The zero-order valence-corrected chi connectivity index (χ0v) is 16.0. The van der Waals surface area contributed by atoms with Crippen molar-refractivity contribution in [1.29, 1.82) is 0 Å². The van der Waals surface area contributed by atoms with Crippen LogP contribution >= 0.6 is 15.9 Å². The SMILES string of the molecule is O=C(CCCCn1c2cc(Br)ccc2c2[nH]c(=O)c3ccccc3c21)NO. The molecule has 0 fully saturated rings. The van der Waals surface area contributed by atoms with Gasteiger partial charge in [-0.3, -0.25) is 14.8 Å². The molecule has 0 saturated heterocycles. The quantitative estimate of drug-likeness (QED) is 0.254. The number of nitrogens with zero attached hydrogens (tertiary/aromatic N) is 1. The summed E-state index contributed by atoms with van der Waals surface area (Å²) in [5, 5.41) is 11.2. The first kappa shape index (κ1) is 17.8. The molecular formula is C20H18BrN3O3. The lowest BCUT2D eigenvalue weighted by Crippen LogP contribution is -2.18. The molecule has 0 atom stereocenters. The highest BCUT2D eigenvalue weighted by molar-refractivity contribution is 9.10. The lowest BCUT2D eigenvalue weighted by atomic mass is 10.1. The molecule has 138 valence electrons. The number of carbonyl (C=O) groups excluding carboxylic acids is 1. The first-order valence-corrected chi connectivity index (χ1v) is 9.55. The Morgan fingerprint density at radius 2 is 1.89 bits per heavy atom. The van der Waals surface area contributed by atoms with Gasteiger partial charge in [0.15, 0.2) is 0 Å². The van der Waals surface area contributed by atoms with Crippen LogP contribution < -0.4 is 11.0 Å². The Hall–Kier alpha value is -2.64. The van der Waals surface area contributed by atoms with Gasteiger partial charge < -0.3 is 9.55 Å². The molecule has 27 heavy (non-hydrogen) atoms. The lowest BCUT2D eigenvalue weighted by molar-refractivity contribution is -0.129. The number of hydroxylamine groups is 1. The molecule has 2 aromatic carbocycles. The van der Waals surface area contributed by atoms with Gasteiger partial charge in [-0.05, 0) is 37.1 Å².